The van der Waals surface area contributed by atoms with Crippen LogP contribution in [0.15, 0.2) is 96.0 Å². The Kier molecular flexibility index (Phi) is 6.42. The molecule has 0 aliphatic carbocycles. The fraction of sp³-hybridized carbons (Fsp3) is 0.233. The van der Waals surface area contributed by atoms with E-state index >= 15 is 0 Å². The van der Waals surface area contributed by atoms with Crippen molar-refractivity contribution < 1.29 is 4.74 Å². The molecule has 0 bridgehead atoms. The zero-order valence-corrected chi connectivity index (χ0v) is 20.2. The van der Waals surface area contributed by atoms with E-state index in [0.29, 0.717) is 19.6 Å². The van der Waals surface area contributed by atoms with E-state index in [0.717, 1.165) is 53.7 Å². The summed E-state index contributed by atoms with van der Waals surface area (Å²) in [5, 5.41) is 13.3. The first-order valence-electron chi connectivity index (χ1n) is 12.6. The van der Waals surface area contributed by atoms with Gasteiger partial charge in [0.15, 0.2) is 5.82 Å². The second-order valence-electron chi connectivity index (χ2n) is 9.20. The molecule has 0 saturated carbocycles. The SMILES string of the molecule is c1ccc(Cc2nnc(N3CCOCC3)c3c2NC(c2ccccc2)=NC3Cc2ccccc2)cc1. The van der Waals surface area contributed by atoms with Crippen LogP contribution in [0.5, 0.6) is 0 Å². The van der Waals surface area contributed by atoms with Crippen LogP contribution < -0.4 is 10.2 Å². The molecule has 1 unspecified atom stereocenters. The van der Waals surface area contributed by atoms with Gasteiger partial charge in [-0.25, -0.2) is 0 Å². The van der Waals surface area contributed by atoms with Crippen molar-refractivity contribution >= 4 is 17.3 Å². The van der Waals surface area contributed by atoms with Gasteiger partial charge in [0, 0.05) is 30.6 Å². The minimum atomic E-state index is -0.0817. The monoisotopic (exact) mass is 475 g/mol. The molecule has 3 heterocycles. The number of hydrogen-bond acceptors (Lipinski definition) is 6. The van der Waals surface area contributed by atoms with Crippen LogP contribution in [0.2, 0.25) is 0 Å². The molecule has 0 amide bonds. The number of hydrogen-bond donors (Lipinski definition) is 1. The number of fused-ring (bicyclic) bond motifs is 1. The topological polar surface area (TPSA) is 62.6 Å². The van der Waals surface area contributed by atoms with Gasteiger partial charge in [-0.1, -0.05) is 91.0 Å². The summed E-state index contributed by atoms with van der Waals surface area (Å²) < 4.78 is 5.63. The Balaban J connectivity index is 1.50. The summed E-state index contributed by atoms with van der Waals surface area (Å²) >= 11 is 0. The van der Waals surface area contributed by atoms with Gasteiger partial charge in [0.05, 0.1) is 30.6 Å². The summed E-state index contributed by atoms with van der Waals surface area (Å²) in [6, 6.07) is 31.3. The van der Waals surface area contributed by atoms with Crippen LogP contribution >= 0.6 is 0 Å². The number of nitrogens with one attached hydrogen (secondary N) is 1. The van der Waals surface area contributed by atoms with Gasteiger partial charge in [0.25, 0.3) is 0 Å². The molecule has 36 heavy (non-hydrogen) atoms. The lowest BCUT2D eigenvalue weighted by molar-refractivity contribution is 0.122. The zero-order valence-electron chi connectivity index (χ0n) is 20.2. The van der Waals surface area contributed by atoms with E-state index in [2.05, 4.69) is 89.1 Å². The van der Waals surface area contributed by atoms with Crippen LogP contribution in [-0.4, -0.2) is 42.3 Å². The average Bonchev–Trinajstić information content (AvgIpc) is 2.95. The largest absolute Gasteiger partial charge is 0.378 e. The minimum Gasteiger partial charge on any atom is -0.378 e. The third kappa shape index (κ3) is 4.72. The van der Waals surface area contributed by atoms with Crippen molar-refractivity contribution in [3.8, 4) is 0 Å². The number of morpholine rings is 1. The molecule has 0 spiro atoms. The Hall–Kier alpha value is -4.03. The van der Waals surface area contributed by atoms with Gasteiger partial charge in [-0.15, -0.1) is 5.10 Å². The molecular weight excluding hydrogens is 446 g/mol. The van der Waals surface area contributed by atoms with Crippen LogP contribution in [0.25, 0.3) is 0 Å². The van der Waals surface area contributed by atoms with Crippen molar-refractivity contribution in [2.45, 2.75) is 18.9 Å². The summed E-state index contributed by atoms with van der Waals surface area (Å²) in [6.45, 7) is 2.98. The number of aromatic nitrogens is 2. The summed E-state index contributed by atoms with van der Waals surface area (Å²) in [6.07, 6.45) is 1.49. The zero-order chi connectivity index (χ0) is 24.2. The maximum atomic E-state index is 5.63. The van der Waals surface area contributed by atoms with Crippen molar-refractivity contribution in [3.05, 3.63) is 119 Å². The lowest BCUT2D eigenvalue weighted by Gasteiger charge is -2.34. The van der Waals surface area contributed by atoms with Crippen molar-refractivity contribution in [2.75, 3.05) is 36.5 Å². The molecule has 1 atom stereocenters. The van der Waals surface area contributed by atoms with Crippen LogP contribution in [0, 0.1) is 0 Å². The molecule has 180 valence electrons. The van der Waals surface area contributed by atoms with E-state index in [1.54, 1.807) is 0 Å². The van der Waals surface area contributed by atoms with Crippen molar-refractivity contribution in [2.24, 2.45) is 4.99 Å². The highest BCUT2D eigenvalue weighted by Gasteiger charge is 2.32. The van der Waals surface area contributed by atoms with Gasteiger partial charge < -0.3 is 15.0 Å². The Morgan fingerprint density at radius 2 is 1.42 bits per heavy atom. The number of nitrogens with zero attached hydrogens (tertiary/aromatic N) is 4. The number of rotatable bonds is 6. The Labute approximate surface area is 211 Å². The van der Waals surface area contributed by atoms with E-state index in [1.807, 2.05) is 12.1 Å². The smallest absolute Gasteiger partial charge is 0.158 e. The van der Waals surface area contributed by atoms with E-state index < -0.39 is 0 Å². The summed E-state index contributed by atoms with van der Waals surface area (Å²) in [5.74, 6) is 1.79. The molecule has 4 aromatic rings. The van der Waals surface area contributed by atoms with Gasteiger partial charge in [-0.2, -0.15) is 5.10 Å². The molecule has 6 nitrogen and oxygen atoms in total. The van der Waals surface area contributed by atoms with Crippen molar-refractivity contribution in [1.82, 2.24) is 10.2 Å². The van der Waals surface area contributed by atoms with E-state index in [1.165, 1.54) is 11.1 Å². The molecule has 6 heteroatoms. The highest BCUT2D eigenvalue weighted by atomic mass is 16.5. The maximum absolute atomic E-state index is 5.63. The predicted octanol–water partition coefficient (Wildman–Crippen LogP) is 5.06. The molecule has 1 fully saturated rings. The highest BCUT2D eigenvalue weighted by Crippen LogP contribution is 2.41. The standard InChI is InChI=1S/C30H29N5O/c1-4-10-22(11-5-1)20-25-27-28(32-29(31-25)24-14-8-3-9-15-24)26(21-23-12-6-2-7-13-23)33-34-30(27)35-16-18-36-19-17-35/h1-15,25H,16-21H2,(H,31,32). The molecule has 0 radical (unpaired) electrons. The highest BCUT2D eigenvalue weighted by molar-refractivity contribution is 6.10. The number of ether oxygens (including phenoxy) is 1. The Bertz CT molecular complexity index is 1340. The van der Waals surface area contributed by atoms with Crippen LogP contribution in [0.4, 0.5) is 11.5 Å². The van der Waals surface area contributed by atoms with Crippen LogP contribution in [0.1, 0.15) is 34.0 Å². The molecule has 1 saturated heterocycles. The summed E-state index contributed by atoms with van der Waals surface area (Å²) in [5.41, 5.74) is 6.62. The Morgan fingerprint density at radius 1 is 0.778 bits per heavy atom. The summed E-state index contributed by atoms with van der Waals surface area (Å²) in [7, 11) is 0. The number of aliphatic imine (C=N–C) groups is 1. The third-order valence-electron chi connectivity index (χ3n) is 6.77. The van der Waals surface area contributed by atoms with E-state index in [-0.39, 0.29) is 6.04 Å². The quantitative estimate of drug-likeness (QED) is 0.422. The molecule has 2 aliphatic rings. The lowest BCUT2D eigenvalue weighted by atomic mass is 9.94. The number of anilines is 2. The first-order chi connectivity index (χ1) is 17.8. The Morgan fingerprint density at radius 3 is 2.11 bits per heavy atom. The van der Waals surface area contributed by atoms with E-state index in [4.69, 9.17) is 19.9 Å². The maximum Gasteiger partial charge on any atom is 0.158 e. The predicted molar refractivity (Wildman–Crippen MR) is 144 cm³/mol. The van der Waals surface area contributed by atoms with Gasteiger partial charge in [-0.3, -0.25) is 4.99 Å². The molecule has 1 aromatic heterocycles. The second-order valence-corrected chi connectivity index (χ2v) is 9.20. The molecule has 2 aliphatic heterocycles. The fourth-order valence-corrected chi connectivity index (χ4v) is 4.95. The van der Waals surface area contributed by atoms with Gasteiger partial charge in [0.2, 0.25) is 0 Å². The third-order valence-corrected chi connectivity index (χ3v) is 6.77. The lowest BCUT2D eigenvalue weighted by Crippen LogP contribution is -2.38. The first kappa shape index (κ1) is 22.4. The fourth-order valence-electron chi connectivity index (χ4n) is 4.95. The first-order valence-corrected chi connectivity index (χ1v) is 12.6. The molecule has 1 N–H and O–H groups in total. The second kappa shape index (κ2) is 10.3. The normalized spacial score (nSPS) is 17.2. The number of amidine groups is 1. The van der Waals surface area contributed by atoms with E-state index in [9.17, 15) is 0 Å². The molecule has 3 aromatic carbocycles. The van der Waals surface area contributed by atoms with Crippen LogP contribution in [0.3, 0.4) is 0 Å². The average molecular weight is 476 g/mol. The van der Waals surface area contributed by atoms with Crippen molar-refractivity contribution in [3.63, 3.8) is 0 Å². The van der Waals surface area contributed by atoms with Gasteiger partial charge in [0.1, 0.15) is 5.84 Å². The minimum absolute atomic E-state index is 0.0817. The van der Waals surface area contributed by atoms with Gasteiger partial charge in [-0.05, 0) is 17.5 Å². The number of benzene rings is 3. The molecular formula is C30H29N5O. The van der Waals surface area contributed by atoms with Gasteiger partial charge >= 0.3 is 0 Å². The molecule has 6 rings (SSSR count). The summed E-state index contributed by atoms with van der Waals surface area (Å²) in [4.78, 5) is 7.57. The van der Waals surface area contributed by atoms with Crippen LogP contribution in [-0.2, 0) is 17.6 Å². The van der Waals surface area contributed by atoms with Crippen molar-refractivity contribution in [1.29, 1.82) is 0 Å².